The van der Waals surface area contributed by atoms with E-state index in [9.17, 15) is 8.78 Å². The Hall–Kier alpha value is -0.720. The molecule has 108 valence electrons. The summed E-state index contributed by atoms with van der Waals surface area (Å²) in [4.78, 5) is 0. The molecule has 0 saturated heterocycles. The lowest BCUT2D eigenvalue weighted by Crippen LogP contribution is -2.32. The van der Waals surface area contributed by atoms with E-state index >= 15 is 0 Å². The highest BCUT2D eigenvalue weighted by Crippen LogP contribution is 2.24. The Morgan fingerprint density at radius 2 is 2.11 bits per heavy atom. The highest BCUT2D eigenvalue weighted by molar-refractivity contribution is 9.10. The lowest BCUT2D eigenvalue weighted by atomic mass is 10.1. The molecule has 1 aromatic carbocycles. The molecule has 3 nitrogen and oxygen atoms in total. The molecule has 1 unspecified atom stereocenters. The van der Waals surface area contributed by atoms with Crippen molar-refractivity contribution in [3.63, 3.8) is 0 Å². The number of benzene rings is 1. The fourth-order valence-corrected chi connectivity index (χ4v) is 2.08. The van der Waals surface area contributed by atoms with Gasteiger partial charge in [-0.05, 0) is 24.6 Å². The molecule has 0 radical (unpaired) electrons. The van der Waals surface area contributed by atoms with Crippen LogP contribution in [0, 0.1) is 0 Å². The maximum Gasteiger partial charge on any atom is 0.387 e. The monoisotopic (exact) mass is 337 g/mol. The lowest BCUT2D eigenvalue weighted by Gasteiger charge is -2.17. The average molecular weight is 338 g/mol. The Morgan fingerprint density at radius 1 is 1.37 bits per heavy atom. The van der Waals surface area contributed by atoms with Crippen LogP contribution in [0.5, 0.6) is 5.75 Å². The fraction of sp³-hybridized carbons (Fsp3) is 0.538. The Balaban J connectivity index is 2.71. The molecule has 0 aliphatic carbocycles. The summed E-state index contributed by atoms with van der Waals surface area (Å²) in [6, 6.07) is 5.16. The minimum Gasteiger partial charge on any atom is -0.434 e. The molecule has 1 rings (SSSR count). The van der Waals surface area contributed by atoms with Crippen molar-refractivity contribution in [1.82, 2.24) is 5.32 Å². The van der Waals surface area contributed by atoms with Crippen LogP contribution in [0.4, 0.5) is 8.78 Å². The van der Waals surface area contributed by atoms with Gasteiger partial charge in [-0.2, -0.15) is 8.78 Å². The van der Waals surface area contributed by atoms with Crippen LogP contribution in [0.2, 0.25) is 0 Å². The zero-order valence-corrected chi connectivity index (χ0v) is 12.5. The van der Waals surface area contributed by atoms with Gasteiger partial charge in [0.2, 0.25) is 0 Å². The third-order valence-corrected chi connectivity index (χ3v) is 3.17. The second-order valence-electron chi connectivity index (χ2n) is 4.07. The molecule has 0 bridgehead atoms. The molecule has 1 N–H and O–H groups in total. The molecule has 0 aromatic heterocycles. The van der Waals surface area contributed by atoms with Crippen LogP contribution in [-0.4, -0.2) is 26.4 Å². The molecule has 0 aliphatic heterocycles. The third-order valence-electron chi connectivity index (χ3n) is 2.68. The Bertz CT molecular complexity index is 391. The van der Waals surface area contributed by atoms with E-state index in [0.29, 0.717) is 18.7 Å². The van der Waals surface area contributed by atoms with Crippen molar-refractivity contribution < 1.29 is 18.3 Å². The van der Waals surface area contributed by atoms with Crippen molar-refractivity contribution in [2.75, 3.05) is 13.7 Å². The molecule has 1 atom stereocenters. The topological polar surface area (TPSA) is 30.5 Å². The van der Waals surface area contributed by atoms with E-state index in [1.807, 2.05) is 6.92 Å². The van der Waals surface area contributed by atoms with E-state index in [-0.39, 0.29) is 11.8 Å². The first-order valence-corrected chi connectivity index (χ1v) is 6.81. The predicted octanol–water partition coefficient (Wildman–Crippen LogP) is 3.57. The lowest BCUT2D eigenvalue weighted by molar-refractivity contribution is -0.0505. The van der Waals surface area contributed by atoms with E-state index in [0.717, 1.165) is 10.9 Å². The van der Waals surface area contributed by atoms with Gasteiger partial charge >= 0.3 is 6.61 Å². The molecule has 0 aliphatic rings. The highest BCUT2D eigenvalue weighted by Gasteiger charge is 2.12. The summed E-state index contributed by atoms with van der Waals surface area (Å²) in [6.45, 7) is 0.244. The van der Waals surface area contributed by atoms with E-state index in [1.54, 1.807) is 19.2 Å². The summed E-state index contributed by atoms with van der Waals surface area (Å²) in [7, 11) is 1.63. The molecule has 0 amide bonds. The minimum atomic E-state index is -2.82. The van der Waals surface area contributed by atoms with Crippen LogP contribution in [0.1, 0.15) is 18.9 Å². The maximum absolute atomic E-state index is 12.3. The van der Waals surface area contributed by atoms with Crippen molar-refractivity contribution in [2.24, 2.45) is 0 Å². The smallest absolute Gasteiger partial charge is 0.387 e. The number of rotatable bonds is 8. The Morgan fingerprint density at radius 3 is 2.68 bits per heavy atom. The number of alkyl halides is 2. The molecule has 0 fully saturated rings. The SMILES string of the molecule is CCC(COC)NCc1cc(Br)ccc1OC(F)F. The number of halogens is 3. The molecule has 1 aromatic rings. The van der Waals surface area contributed by atoms with Gasteiger partial charge in [0.05, 0.1) is 6.61 Å². The van der Waals surface area contributed by atoms with Crippen LogP contribution >= 0.6 is 15.9 Å². The van der Waals surface area contributed by atoms with Crippen LogP contribution in [0.3, 0.4) is 0 Å². The van der Waals surface area contributed by atoms with Crippen molar-refractivity contribution in [2.45, 2.75) is 32.5 Å². The maximum atomic E-state index is 12.3. The van der Waals surface area contributed by atoms with Gasteiger partial charge in [0.1, 0.15) is 5.75 Å². The van der Waals surface area contributed by atoms with Crippen molar-refractivity contribution in [1.29, 1.82) is 0 Å². The molecule has 6 heteroatoms. The number of nitrogens with one attached hydrogen (secondary N) is 1. The van der Waals surface area contributed by atoms with Crippen LogP contribution in [0.25, 0.3) is 0 Å². The van der Waals surface area contributed by atoms with Gasteiger partial charge in [0.15, 0.2) is 0 Å². The predicted molar refractivity (Wildman–Crippen MR) is 73.6 cm³/mol. The molecule has 0 saturated carbocycles. The molecule has 0 heterocycles. The first-order valence-electron chi connectivity index (χ1n) is 6.02. The van der Waals surface area contributed by atoms with Crippen molar-refractivity contribution >= 4 is 15.9 Å². The molecule has 19 heavy (non-hydrogen) atoms. The van der Waals surface area contributed by atoms with Crippen molar-refractivity contribution in [3.05, 3.63) is 28.2 Å². The van der Waals surface area contributed by atoms with Crippen LogP contribution < -0.4 is 10.1 Å². The van der Waals surface area contributed by atoms with Crippen LogP contribution in [-0.2, 0) is 11.3 Å². The largest absolute Gasteiger partial charge is 0.434 e. The average Bonchev–Trinajstić information content (AvgIpc) is 2.36. The number of hydrogen-bond donors (Lipinski definition) is 1. The molecular formula is C13H18BrF2NO2. The summed E-state index contributed by atoms with van der Waals surface area (Å²) < 4.78 is 35.0. The van der Waals surface area contributed by atoms with E-state index < -0.39 is 6.61 Å². The quantitative estimate of drug-likeness (QED) is 0.786. The standard InChI is InChI=1S/C13H18BrF2NO2/c1-3-11(8-18-2)17-7-9-6-10(14)4-5-12(9)19-13(15)16/h4-6,11,13,17H,3,7-8H2,1-2H3. The zero-order valence-electron chi connectivity index (χ0n) is 11.0. The fourth-order valence-electron chi connectivity index (χ4n) is 1.67. The normalized spacial score (nSPS) is 12.7. The summed E-state index contributed by atoms with van der Waals surface area (Å²) >= 11 is 3.32. The third kappa shape index (κ3) is 5.84. The van der Waals surface area contributed by atoms with Crippen LogP contribution in [0.15, 0.2) is 22.7 Å². The number of methoxy groups -OCH3 is 1. The molecular weight excluding hydrogens is 320 g/mol. The summed E-state index contributed by atoms with van der Waals surface area (Å²) in [6.07, 6.45) is 0.896. The van der Waals surface area contributed by atoms with Gasteiger partial charge in [-0.1, -0.05) is 22.9 Å². The zero-order chi connectivity index (χ0) is 14.3. The summed E-state index contributed by atoms with van der Waals surface area (Å²) in [5.41, 5.74) is 0.684. The van der Waals surface area contributed by atoms with Gasteiger partial charge in [-0.15, -0.1) is 0 Å². The first-order chi connectivity index (χ1) is 9.06. The van der Waals surface area contributed by atoms with Crippen molar-refractivity contribution in [3.8, 4) is 5.75 Å². The van der Waals surface area contributed by atoms with Gasteiger partial charge in [0, 0.05) is 29.7 Å². The van der Waals surface area contributed by atoms with E-state index in [4.69, 9.17) is 4.74 Å². The van der Waals surface area contributed by atoms with Gasteiger partial charge in [-0.3, -0.25) is 0 Å². The summed E-state index contributed by atoms with van der Waals surface area (Å²) in [5, 5.41) is 3.26. The summed E-state index contributed by atoms with van der Waals surface area (Å²) in [5.74, 6) is 0.193. The second kappa shape index (κ2) is 8.45. The van der Waals surface area contributed by atoms with Gasteiger partial charge in [-0.25, -0.2) is 0 Å². The van der Waals surface area contributed by atoms with E-state index in [2.05, 4.69) is 26.0 Å². The number of ether oxygens (including phenoxy) is 2. The van der Waals surface area contributed by atoms with Gasteiger partial charge < -0.3 is 14.8 Å². The Kier molecular flexibility index (Phi) is 7.27. The Labute approximate surface area is 120 Å². The minimum absolute atomic E-state index is 0.184. The number of hydrogen-bond acceptors (Lipinski definition) is 3. The second-order valence-corrected chi connectivity index (χ2v) is 4.99. The molecule has 0 spiro atoms. The highest BCUT2D eigenvalue weighted by atomic mass is 79.9. The first kappa shape index (κ1) is 16.3. The van der Waals surface area contributed by atoms with Gasteiger partial charge in [0.25, 0.3) is 0 Å². The van der Waals surface area contributed by atoms with E-state index in [1.165, 1.54) is 6.07 Å².